The Bertz CT molecular complexity index is 514. The lowest BCUT2D eigenvalue weighted by atomic mass is 10.0. The molecule has 0 aromatic heterocycles. The number of carboxylic acid groups (broad SMARTS) is 1. The second kappa shape index (κ2) is 6.27. The third-order valence-corrected chi connectivity index (χ3v) is 2.74. The molecule has 2 atom stereocenters. The van der Waals surface area contributed by atoms with E-state index in [4.69, 9.17) is 5.11 Å². The van der Waals surface area contributed by atoms with Gasteiger partial charge in [-0.15, -0.1) is 0 Å². The molecule has 5 nitrogen and oxygen atoms in total. The lowest BCUT2D eigenvalue weighted by Gasteiger charge is -2.18. The zero-order chi connectivity index (χ0) is 15.4. The average Bonchev–Trinajstić information content (AvgIpc) is 2.34. The lowest BCUT2D eigenvalue weighted by molar-refractivity contribution is -0.141. The maximum Gasteiger partial charge on any atom is 0.319 e. The van der Waals surface area contributed by atoms with Crippen molar-refractivity contribution in [2.45, 2.75) is 19.9 Å². The highest BCUT2D eigenvalue weighted by Gasteiger charge is 2.21. The molecule has 1 aromatic rings. The van der Waals surface area contributed by atoms with E-state index in [0.29, 0.717) is 12.1 Å². The van der Waals surface area contributed by atoms with Crippen molar-refractivity contribution in [1.82, 2.24) is 5.32 Å². The van der Waals surface area contributed by atoms with Gasteiger partial charge in [-0.25, -0.2) is 18.0 Å². The Labute approximate surface area is 112 Å². The number of carboxylic acids is 1. The third-order valence-electron chi connectivity index (χ3n) is 2.74. The van der Waals surface area contributed by atoms with Crippen LogP contribution in [0.4, 0.5) is 23.7 Å². The summed E-state index contributed by atoms with van der Waals surface area (Å²) in [6.07, 6.45) is 0. The van der Waals surface area contributed by atoms with Crippen LogP contribution in [0.25, 0.3) is 0 Å². The monoisotopic (exact) mass is 290 g/mol. The number of halogens is 3. The standard InChI is InChI=1S/C12H13F3N2O3/c1-5(11(18)19)6(2)16-12(20)17-7-3-8(13)10(15)9(14)4-7/h3-6H,1-2H3,(H,18,19)(H2,16,17,20). The molecule has 20 heavy (non-hydrogen) atoms. The van der Waals surface area contributed by atoms with Crippen LogP contribution in [0.3, 0.4) is 0 Å². The van der Waals surface area contributed by atoms with Gasteiger partial charge in [-0.05, 0) is 13.8 Å². The van der Waals surface area contributed by atoms with Gasteiger partial charge in [-0.1, -0.05) is 0 Å². The number of carbonyl (C=O) groups is 2. The molecule has 8 heteroatoms. The van der Waals surface area contributed by atoms with E-state index in [0.717, 1.165) is 0 Å². The molecule has 110 valence electrons. The summed E-state index contributed by atoms with van der Waals surface area (Å²) >= 11 is 0. The molecule has 0 aliphatic carbocycles. The first kappa shape index (κ1) is 15.8. The normalized spacial score (nSPS) is 13.4. The lowest BCUT2D eigenvalue weighted by Crippen LogP contribution is -2.42. The fraction of sp³-hybridized carbons (Fsp3) is 0.333. The van der Waals surface area contributed by atoms with Gasteiger partial charge in [0.1, 0.15) is 0 Å². The van der Waals surface area contributed by atoms with Crippen molar-refractivity contribution in [3.8, 4) is 0 Å². The Morgan fingerprint density at radius 3 is 2.10 bits per heavy atom. The quantitative estimate of drug-likeness (QED) is 0.745. The SMILES string of the molecule is CC(NC(=O)Nc1cc(F)c(F)c(F)c1)C(C)C(=O)O. The highest BCUT2D eigenvalue weighted by Crippen LogP contribution is 2.17. The molecule has 1 aromatic carbocycles. The van der Waals surface area contributed by atoms with Crippen molar-refractivity contribution in [2.75, 3.05) is 5.32 Å². The Morgan fingerprint density at radius 1 is 1.15 bits per heavy atom. The van der Waals surface area contributed by atoms with Gasteiger partial charge in [0.05, 0.1) is 5.92 Å². The first-order valence-electron chi connectivity index (χ1n) is 5.67. The number of carbonyl (C=O) groups excluding carboxylic acids is 1. The van der Waals surface area contributed by atoms with E-state index < -0.39 is 41.4 Å². The van der Waals surface area contributed by atoms with E-state index in [1.54, 1.807) is 0 Å². The van der Waals surface area contributed by atoms with Gasteiger partial charge in [0, 0.05) is 23.9 Å². The maximum absolute atomic E-state index is 12.9. The number of hydrogen-bond acceptors (Lipinski definition) is 2. The Morgan fingerprint density at radius 2 is 1.65 bits per heavy atom. The highest BCUT2D eigenvalue weighted by molar-refractivity contribution is 5.89. The number of anilines is 1. The minimum atomic E-state index is -1.64. The topological polar surface area (TPSA) is 78.4 Å². The van der Waals surface area contributed by atoms with Crippen molar-refractivity contribution < 1.29 is 27.9 Å². The van der Waals surface area contributed by atoms with Gasteiger partial charge < -0.3 is 15.7 Å². The van der Waals surface area contributed by atoms with Crippen LogP contribution >= 0.6 is 0 Å². The zero-order valence-electron chi connectivity index (χ0n) is 10.7. The Balaban J connectivity index is 2.70. The number of urea groups is 1. The predicted octanol–water partition coefficient (Wildman–Crippen LogP) is 2.33. The van der Waals surface area contributed by atoms with E-state index >= 15 is 0 Å². The summed E-state index contributed by atoms with van der Waals surface area (Å²) in [6, 6.07) is -0.328. The smallest absolute Gasteiger partial charge is 0.319 e. The van der Waals surface area contributed by atoms with E-state index in [1.807, 2.05) is 0 Å². The second-order valence-corrected chi connectivity index (χ2v) is 4.27. The number of hydrogen-bond donors (Lipinski definition) is 3. The minimum absolute atomic E-state index is 0.283. The predicted molar refractivity (Wildman–Crippen MR) is 64.7 cm³/mol. The van der Waals surface area contributed by atoms with Crippen LogP contribution in [0.2, 0.25) is 0 Å². The van der Waals surface area contributed by atoms with Crippen molar-refractivity contribution in [1.29, 1.82) is 0 Å². The van der Waals surface area contributed by atoms with Crippen molar-refractivity contribution in [3.63, 3.8) is 0 Å². The van der Waals surface area contributed by atoms with Crippen LogP contribution in [-0.2, 0) is 4.79 Å². The van der Waals surface area contributed by atoms with Crippen LogP contribution in [0.1, 0.15) is 13.8 Å². The summed E-state index contributed by atoms with van der Waals surface area (Å²) in [5, 5.41) is 13.1. The first-order valence-corrected chi connectivity index (χ1v) is 5.67. The van der Waals surface area contributed by atoms with E-state index in [2.05, 4.69) is 10.6 Å². The molecule has 3 N–H and O–H groups in total. The fourth-order valence-corrected chi connectivity index (χ4v) is 1.34. The Hall–Kier alpha value is -2.25. The van der Waals surface area contributed by atoms with Crippen LogP contribution < -0.4 is 10.6 Å². The zero-order valence-corrected chi connectivity index (χ0v) is 10.7. The van der Waals surface area contributed by atoms with Crippen molar-refractivity contribution >= 4 is 17.7 Å². The molecule has 0 bridgehead atoms. The molecule has 0 fully saturated rings. The van der Waals surface area contributed by atoms with Crippen LogP contribution in [0, 0.1) is 23.4 Å². The number of nitrogens with one attached hydrogen (secondary N) is 2. The highest BCUT2D eigenvalue weighted by atomic mass is 19.2. The van der Waals surface area contributed by atoms with Crippen molar-refractivity contribution in [3.05, 3.63) is 29.6 Å². The number of rotatable bonds is 4. The van der Waals surface area contributed by atoms with Gasteiger partial charge >= 0.3 is 12.0 Å². The Kier molecular flexibility index (Phi) is 4.95. The van der Waals surface area contributed by atoms with Crippen molar-refractivity contribution in [2.24, 2.45) is 5.92 Å². The fourth-order valence-electron chi connectivity index (χ4n) is 1.34. The van der Waals surface area contributed by atoms with Gasteiger partial charge in [-0.3, -0.25) is 4.79 Å². The molecule has 0 radical (unpaired) electrons. The van der Waals surface area contributed by atoms with Crippen LogP contribution in [-0.4, -0.2) is 23.1 Å². The molecular weight excluding hydrogens is 277 g/mol. The molecule has 0 saturated heterocycles. The number of aliphatic carboxylic acids is 1. The molecule has 1 rings (SSSR count). The summed E-state index contributed by atoms with van der Waals surface area (Å²) in [5.41, 5.74) is -0.283. The summed E-state index contributed by atoms with van der Waals surface area (Å²) < 4.78 is 38.6. The minimum Gasteiger partial charge on any atom is -0.481 e. The molecular formula is C12H13F3N2O3. The van der Waals surface area contributed by atoms with Gasteiger partial charge in [0.25, 0.3) is 0 Å². The number of benzene rings is 1. The molecule has 0 spiro atoms. The number of amides is 2. The summed E-state index contributed by atoms with van der Waals surface area (Å²) in [7, 11) is 0. The van der Waals surface area contributed by atoms with E-state index in [9.17, 15) is 22.8 Å². The van der Waals surface area contributed by atoms with E-state index in [-0.39, 0.29) is 5.69 Å². The van der Waals surface area contributed by atoms with Gasteiger partial charge in [0.15, 0.2) is 17.5 Å². The molecule has 0 aliphatic rings. The molecule has 2 amide bonds. The van der Waals surface area contributed by atoms with E-state index in [1.165, 1.54) is 13.8 Å². The molecule has 0 heterocycles. The summed E-state index contributed by atoms with van der Waals surface area (Å²) in [6.45, 7) is 2.86. The first-order chi connectivity index (χ1) is 9.22. The second-order valence-electron chi connectivity index (χ2n) is 4.27. The van der Waals surface area contributed by atoms with Crippen LogP contribution in [0.5, 0.6) is 0 Å². The van der Waals surface area contributed by atoms with Crippen LogP contribution in [0.15, 0.2) is 12.1 Å². The molecule has 2 unspecified atom stereocenters. The summed E-state index contributed by atoms with van der Waals surface area (Å²) in [4.78, 5) is 22.2. The largest absolute Gasteiger partial charge is 0.481 e. The van der Waals surface area contributed by atoms with Gasteiger partial charge in [0.2, 0.25) is 0 Å². The third kappa shape index (κ3) is 3.87. The van der Waals surface area contributed by atoms with Gasteiger partial charge in [-0.2, -0.15) is 0 Å². The average molecular weight is 290 g/mol. The molecule has 0 aliphatic heterocycles. The maximum atomic E-state index is 12.9. The molecule has 0 saturated carbocycles. The summed E-state index contributed by atoms with van der Waals surface area (Å²) in [5.74, 6) is -6.46.